The molecular formula is C16H32N2O4S. The van der Waals surface area contributed by atoms with E-state index in [4.69, 9.17) is 0 Å². The van der Waals surface area contributed by atoms with Gasteiger partial charge in [-0.25, -0.2) is 8.42 Å². The molecule has 0 spiro atoms. The number of carbonyl (C=O) groups is 1. The third-order valence-electron chi connectivity index (χ3n) is 4.75. The highest BCUT2D eigenvalue weighted by molar-refractivity contribution is 7.85. The van der Waals surface area contributed by atoms with Crippen LogP contribution in [0.1, 0.15) is 47.5 Å². The van der Waals surface area contributed by atoms with Gasteiger partial charge in [0, 0.05) is 30.2 Å². The van der Waals surface area contributed by atoms with Crippen molar-refractivity contribution in [2.45, 2.75) is 59.5 Å². The Morgan fingerprint density at radius 2 is 1.74 bits per heavy atom. The summed E-state index contributed by atoms with van der Waals surface area (Å²) in [5.41, 5.74) is 0.484. The van der Waals surface area contributed by atoms with E-state index in [1.54, 1.807) is 6.92 Å². The smallest absolute Gasteiger partial charge is 0.246 e. The summed E-state index contributed by atoms with van der Waals surface area (Å²) in [6.45, 7) is 15.9. The maximum absolute atomic E-state index is 11.6. The molecule has 0 heterocycles. The molecule has 0 aromatic carbocycles. The molecule has 0 fully saturated rings. The normalized spacial score (nSPS) is 15.0. The van der Waals surface area contributed by atoms with Gasteiger partial charge in [0.1, 0.15) is 0 Å². The molecule has 1 amide bonds. The molecule has 0 bridgehead atoms. The number of amides is 1. The van der Waals surface area contributed by atoms with Gasteiger partial charge in [0.25, 0.3) is 0 Å². The molecule has 0 aromatic heterocycles. The summed E-state index contributed by atoms with van der Waals surface area (Å²) < 4.78 is 33.4. The summed E-state index contributed by atoms with van der Waals surface area (Å²) in [7, 11) is -4.18. The number of quaternary nitrogens is 1. The van der Waals surface area contributed by atoms with Gasteiger partial charge in [-0.05, 0) is 34.6 Å². The topological polar surface area (TPSA) is 86.3 Å². The first kappa shape index (κ1) is 22.1. The van der Waals surface area contributed by atoms with Crippen LogP contribution in [0, 0.1) is 0 Å². The molecule has 0 aliphatic carbocycles. The van der Waals surface area contributed by atoms with Crippen LogP contribution in [0.2, 0.25) is 0 Å². The van der Waals surface area contributed by atoms with Gasteiger partial charge in [-0.1, -0.05) is 6.58 Å². The van der Waals surface area contributed by atoms with Crippen LogP contribution in [0.15, 0.2) is 12.2 Å². The van der Waals surface area contributed by atoms with Gasteiger partial charge in [0.2, 0.25) is 5.91 Å². The Labute approximate surface area is 141 Å². The molecule has 0 aromatic rings. The van der Waals surface area contributed by atoms with Crippen molar-refractivity contribution in [2.24, 2.45) is 0 Å². The Bertz CT molecular complexity index is 498. The highest BCUT2D eigenvalue weighted by Gasteiger charge is 2.31. The second-order valence-corrected chi connectivity index (χ2v) is 7.94. The number of hydrogen-bond donors (Lipinski definition) is 1. The Morgan fingerprint density at radius 1 is 1.22 bits per heavy atom. The van der Waals surface area contributed by atoms with E-state index < -0.39 is 10.1 Å². The van der Waals surface area contributed by atoms with Crippen LogP contribution in [-0.2, 0) is 14.9 Å². The van der Waals surface area contributed by atoms with Crippen LogP contribution in [0.4, 0.5) is 0 Å². The monoisotopic (exact) mass is 348 g/mol. The lowest BCUT2D eigenvalue weighted by Gasteiger charge is -2.43. The molecule has 0 saturated heterocycles. The van der Waals surface area contributed by atoms with Gasteiger partial charge in [-0.15, -0.1) is 0 Å². The zero-order chi connectivity index (χ0) is 18.3. The Morgan fingerprint density at radius 3 is 2.13 bits per heavy atom. The maximum Gasteiger partial charge on any atom is 0.246 e. The number of carbonyl (C=O) groups excluding carboxylic acids is 1. The van der Waals surface area contributed by atoms with Crippen molar-refractivity contribution in [1.82, 2.24) is 5.32 Å². The Hall–Kier alpha value is -0.920. The standard InChI is InChI=1S/C16H32N2O4S/c1-7-18(8-2,15(6)10-12-23(20,21)22)11-9-14(5)17-16(19)13(3)4/h14-15H,3,7-12H2,1-2,4-6H3,(H-,17,19,20,21,22). The van der Waals surface area contributed by atoms with Crippen molar-refractivity contribution >= 4 is 16.0 Å². The minimum absolute atomic E-state index is 0.0187. The van der Waals surface area contributed by atoms with Crippen LogP contribution in [-0.4, -0.2) is 60.8 Å². The molecule has 0 aliphatic rings. The fourth-order valence-electron chi connectivity index (χ4n) is 2.84. The zero-order valence-corrected chi connectivity index (χ0v) is 15.9. The van der Waals surface area contributed by atoms with Crippen molar-refractivity contribution in [2.75, 3.05) is 25.4 Å². The van der Waals surface area contributed by atoms with Gasteiger partial charge in [0.05, 0.1) is 35.8 Å². The molecule has 1 N–H and O–H groups in total. The van der Waals surface area contributed by atoms with Gasteiger partial charge >= 0.3 is 0 Å². The number of nitrogens with one attached hydrogen (secondary N) is 1. The quantitative estimate of drug-likeness (QED) is 0.349. The van der Waals surface area contributed by atoms with E-state index in [1.165, 1.54) is 0 Å². The van der Waals surface area contributed by atoms with Crippen molar-refractivity contribution in [3.63, 3.8) is 0 Å². The zero-order valence-electron chi connectivity index (χ0n) is 15.1. The summed E-state index contributed by atoms with van der Waals surface area (Å²) in [4.78, 5) is 11.6. The third-order valence-corrected chi connectivity index (χ3v) is 5.49. The summed E-state index contributed by atoms with van der Waals surface area (Å²) in [6.07, 6.45) is 1.15. The molecule has 2 atom stereocenters. The lowest BCUT2D eigenvalue weighted by atomic mass is 10.1. The molecule has 6 nitrogen and oxygen atoms in total. The summed E-state index contributed by atoms with van der Waals surface area (Å²) >= 11 is 0. The van der Waals surface area contributed by atoms with E-state index in [2.05, 4.69) is 25.7 Å². The second kappa shape index (κ2) is 9.39. The Balaban J connectivity index is 4.76. The lowest BCUT2D eigenvalue weighted by Crippen LogP contribution is -2.56. The van der Waals surface area contributed by atoms with E-state index in [9.17, 15) is 17.8 Å². The van der Waals surface area contributed by atoms with E-state index in [0.29, 0.717) is 12.0 Å². The fraction of sp³-hybridized carbons (Fsp3) is 0.812. The molecule has 23 heavy (non-hydrogen) atoms. The van der Waals surface area contributed by atoms with Crippen LogP contribution in [0.3, 0.4) is 0 Å². The van der Waals surface area contributed by atoms with Crippen LogP contribution >= 0.6 is 0 Å². The van der Waals surface area contributed by atoms with E-state index in [0.717, 1.165) is 30.5 Å². The van der Waals surface area contributed by atoms with Crippen molar-refractivity contribution in [3.8, 4) is 0 Å². The fourth-order valence-corrected chi connectivity index (χ4v) is 3.47. The molecule has 0 saturated carbocycles. The predicted molar refractivity (Wildman–Crippen MR) is 91.9 cm³/mol. The van der Waals surface area contributed by atoms with Crippen LogP contribution < -0.4 is 5.32 Å². The molecule has 0 radical (unpaired) electrons. The van der Waals surface area contributed by atoms with Crippen molar-refractivity contribution in [3.05, 3.63) is 12.2 Å². The average Bonchev–Trinajstić information content (AvgIpc) is 2.45. The van der Waals surface area contributed by atoms with Gasteiger partial charge in [-0.2, -0.15) is 0 Å². The second-order valence-electron chi connectivity index (χ2n) is 6.42. The minimum atomic E-state index is -4.18. The first-order valence-electron chi connectivity index (χ1n) is 8.23. The Kier molecular flexibility index (Phi) is 9.02. The first-order valence-corrected chi connectivity index (χ1v) is 9.80. The maximum atomic E-state index is 11.6. The molecule has 136 valence electrons. The highest BCUT2D eigenvalue weighted by Crippen LogP contribution is 2.19. The van der Waals surface area contributed by atoms with Crippen molar-refractivity contribution < 1.29 is 22.2 Å². The largest absolute Gasteiger partial charge is 0.748 e. The molecule has 0 aliphatic heterocycles. The van der Waals surface area contributed by atoms with Gasteiger partial charge in [0.15, 0.2) is 0 Å². The summed E-state index contributed by atoms with van der Waals surface area (Å²) in [5.74, 6) is -0.468. The number of nitrogens with zero attached hydrogens (tertiary/aromatic N) is 1. The minimum Gasteiger partial charge on any atom is -0.748 e. The van der Waals surface area contributed by atoms with Gasteiger partial charge < -0.3 is 14.4 Å². The first-order chi connectivity index (χ1) is 10.5. The highest BCUT2D eigenvalue weighted by atomic mass is 32.2. The van der Waals surface area contributed by atoms with Crippen LogP contribution in [0.5, 0.6) is 0 Å². The molecule has 7 heteroatoms. The molecule has 0 rings (SSSR count). The summed E-state index contributed by atoms with van der Waals surface area (Å²) in [6, 6.07) is 0.100. The van der Waals surface area contributed by atoms with Crippen LogP contribution in [0.25, 0.3) is 0 Å². The van der Waals surface area contributed by atoms with E-state index >= 15 is 0 Å². The summed E-state index contributed by atoms with van der Waals surface area (Å²) in [5, 5.41) is 2.90. The third kappa shape index (κ3) is 7.94. The van der Waals surface area contributed by atoms with Crippen molar-refractivity contribution in [1.29, 1.82) is 0 Å². The molecular weight excluding hydrogens is 316 g/mol. The van der Waals surface area contributed by atoms with E-state index in [-0.39, 0.29) is 23.7 Å². The lowest BCUT2D eigenvalue weighted by molar-refractivity contribution is -0.946. The molecule has 2 unspecified atom stereocenters. The number of rotatable bonds is 11. The van der Waals surface area contributed by atoms with Gasteiger partial charge in [-0.3, -0.25) is 4.79 Å². The van der Waals surface area contributed by atoms with E-state index in [1.807, 2.05) is 13.8 Å². The average molecular weight is 349 g/mol. The number of hydrogen-bond acceptors (Lipinski definition) is 4. The predicted octanol–water partition coefficient (Wildman–Crippen LogP) is 1.64. The SMILES string of the molecule is C=C(C)C(=O)NC(C)CC[N+](CC)(CC)C(C)CCS(=O)(=O)[O-].